The minimum absolute atomic E-state index is 0.145. The lowest BCUT2D eigenvalue weighted by Gasteiger charge is -2.14. The van der Waals surface area contributed by atoms with Gasteiger partial charge < -0.3 is 9.47 Å². The van der Waals surface area contributed by atoms with E-state index in [-0.39, 0.29) is 12.1 Å². The second-order valence-corrected chi connectivity index (χ2v) is 4.18. The molecule has 0 saturated carbocycles. The van der Waals surface area contributed by atoms with Crippen molar-refractivity contribution in [1.29, 1.82) is 0 Å². The molecule has 0 aromatic carbocycles. The molecule has 1 unspecified atom stereocenters. The molecule has 0 bridgehead atoms. The Hall–Kier alpha value is -0.570. The highest BCUT2D eigenvalue weighted by molar-refractivity contribution is 5.69. The van der Waals surface area contributed by atoms with Crippen LogP contribution in [0.25, 0.3) is 0 Å². The molecular formula is C13H26O3. The summed E-state index contributed by atoms with van der Waals surface area (Å²) in [6, 6.07) is 0. The van der Waals surface area contributed by atoms with Gasteiger partial charge in [0.1, 0.15) is 0 Å². The van der Waals surface area contributed by atoms with Crippen LogP contribution in [0.4, 0.5) is 0 Å². The van der Waals surface area contributed by atoms with Crippen LogP contribution in [0.1, 0.15) is 58.3 Å². The first kappa shape index (κ1) is 15.4. The van der Waals surface area contributed by atoms with E-state index in [4.69, 9.17) is 4.74 Å². The Morgan fingerprint density at radius 3 is 2.31 bits per heavy atom. The Morgan fingerprint density at radius 1 is 1.06 bits per heavy atom. The molecule has 3 nitrogen and oxygen atoms in total. The number of methoxy groups -OCH3 is 2. The highest BCUT2D eigenvalue weighted by atomic mass is 16.5. The molecular weight excluding hydrogens is 204 g/mol. The number of hydrogen-bond acceptors (Lipinski definition) is 3. The maximum absolute atomic E-state index is 11.0. The monoisotopic (exact) mass is 230 g/mol. The Labute approximate surface area is 99.5 Å². The van der Waals surface area contributed by atoms with Gasteiger partial charge in [0.25, 0.3) is 0 Å². The summed E-state index contributed by atoms with van der Waals surface area (Å²) in [5.74, 6) is -0.145. The van der Waals surface area contributed by atoms with Gasteiger partial charge in [0, 0.05) is 13.5 Å². The van der Waals surface area contributed by atoms with Crippen LogP contribution in [0.3, 0.4) is 0 Å². The summed E-state index contributed by atoms with van der Waals surface area (Å²) in [4.78, 5) is 11.0. The SMILES string of the molecule is CCCCCCCC(CCC(=O)OC)OC. The molecule has 0 radical (unpaired) electrons. The fourth-order valence-electron chi connectivity index (χ4n) is 1.74. The minimum atomic E-state index is -0.145. The van der Waals surface area contributed by atoms with E-state index in [0.717, 1.165) is 12.8 Å². The van der Waals surface area contributed by atoms with Gasteiger partial charge in [0.15, 0.2) is 0 Å². The van der Waals surface area contributed by atoms with Gasteiger partial charge in [0.2, 0.25) is 0 Å². The summed E-state index contributed by atoms with van der Waals surface area (Å²) in [6.45, 7) is 2.22. The van der Waals surface area contributed by atoms with Crippen LogP contribution in [0, 0.1) is 0 Å². The van der Waals surface area contributed by atoms with E-state index < -0.39 is 0 Å². The molecule has 0 aromatic rings. The van der Waals surface area contributed by atoms with Crippen molar-refractivity contribution in [3.63, 3.8) is 0 Å². The Morgan fingerprint density at radius 2 is 1.75 bits per heavy atom. The third-order valence-corrected chi connectivity index (χ3v) is 2.86. The predicted molar refractivity (Wildman–Crippen MR) is 65.4 cm³/mol. The van der Waals surface area contributed by atoms with Crippen LogP contribution in [-0.4, -0.2) is 26.3 Å². The van der Waals surface area contributed by atoms with Crippen molar-refractivity contribution >= 4 is 5.97 Å². The van der Waals surface area contributed by atoms with Gasteiger partial charge in [-0.2, -0.15) is 0 Å². The molecule has 1 atom stereocenters. The molecule has 0 rings (SSSR count). The van der Waals surface area contributed by atoms with Gasteiger partial charge in [-0.1, -0.05) is 39.0 Å². The van der Waals surface area contributed by atoms with Crippen molar-refractivity contribution in [1.82, 2.24) is 0 Å². The molecule has 0 N–H and O–H groups in total. The largest absolute Gasteiger partial charge is 0.469 e. The Balaban J connectivity index is 3.47. The summed E-state index contributed by atoms with van der Waals surface area (Å²) >= 11 is 0. The van der Waals surface area contributed by atoms with Crippen molar-refractivity contribution in [2.75, 3.05) is 14.2 Å². The molecule has 16 heavy (non-hydrogen) atoms. The van der Waals surface area contributed by atoms with Crippen molar-refractivity contribution in [2.24, 2.45) is 0 Å². The third kappa shape index (κ3) is 8.72. The fourth-order valence-corrected chi connectivity index (χ4v) is 1.74. The number of rotatable bonds is 10. The lowest BCUT2D eigenvalue weighted by molar-refractivity contribution is -0.141. The van der Waals surface area contributed by atoms with E-state index in [1.807, 2.05) is 0 Å². The molecule has 0 aliphatic heterocycles. The number of unbranched alkanes of at least 4 members (excludes halogenated alkanes) is 4. The quantitative estimate of drug-likeness (QED) is 0.426. The van der Waals surface area contributed by atoms with Crippen LogP contribution in [0.2, 0.25) is 0 Å². The average Bonchev–Trinajstić information content (AvgIpc) is 2.32. The van der Waals surface area contributed by atoms with Crippen LogP contribution in [-0.2, 0) is 14.3 Å². The highest BCUT2D eigenvalue weighted by Gasteiger charge is 2.10. The van der Waals surface area contributed by atoms with E-state index >= 15 is 0 Å². The minimum Gasteiger partial charge on any atom is -0.469 e. The van der Waals surface area contributed by atoms with E-state index in [9.17, 15) is 4.79 Å². The van der Waals surface area contributed by atoms with E-state index in [2.05, 4.69) is 11.7 Å². The lowest BCUT2D eigenvalue weighted by Crippen LogP contribution is -2.13. The molecule has 0 saturated heterocycles. The van der Waals surface area contributed by atoms with Gasteiger partial charge in [-0.25, -0.2) is 0 Å². The number of esters is 1. The summed E-state index contributed by atoms with van der Waals surface area (Å²) in [7, 11) is 3.14. The lowest BCUT2D eigenvalue weighted by atomic mass is 10.0. The zero-order valence-corrected chi connectivity index (χ0v) is 11.0. The Kier molecular flexibility index (Phi) is 10.5. The highest BCUT2D eigenvalue weighted by Crippen LogP contribution is 2.13. The van der Waals surface area contributed by atoms with Crippen molar-refractivity contribution < 1.29 is 14.3 Å². The molecule has 0 heterocycles. The maximum Gasteiger partial charge on any atom is 0.305 e. The first-order chi connectivity index (χ1) is 7.74. The standard InChI is InChI=1S/C13H26O3/c1-4-5-6-7-8-9-12(15-2)10-11-13(14)16-3/h12H,4-11H2,1-3H3. The molecule has 0 aromatic heterocycles. The average molecular weight is 230 g/mol. The maximum atomic E-state index is 11.0. The summed E-state index contributed by atoms with van der Waals surface area (Å²) in [5.41, 5.74) is 0. The predicted octanol–water partition coefficient (Wildman–Crippen LogP) is 3.32. The second-order valence-electron chi connectivity index (χ2n) is 4.18. The normalized spacial score (nSPS) is 12.4. The van der Waals surface area contributed by atoms with Crippen LogP contribution >= 0.6 is 0 Å². The first-order valence-corrected chi connectivity index (χ1v) is 6.34. The summed E-state index contributed by atoms with van der Waals surface area (Å²) in [6.07, 6.45) is 8.87. The summed E-state index contributed by atoms with van der Waals surface area (Å²) < 4.78 is 9.95. The van der Waals surface area contributed by atoms with Gasteiger partial charge in [-0.05, 0) is 12.8 Å². The number of carbonyl (C=O) groups is 1. The van der Waals surface area contributed by atoms with Gasteiger partial charge in [-0.3, -0.25) is 4.79 Å². The van der Waals surface area contributed by atoms with Gasteiger partial charge >= 0.3 is 5.97 Å². The zero-order valence-electron chi connectivity index (χ0n) is 11.0. The summed E-state index contributed by atoms with van der Waals surface area (Å²) in [5, 5.41) is 0. The van der Waals surface area contributed by atoms with E-state index in [0.29, 0.717) is 6.42 Å². The molecule has 0 aliphatic rings. The molecule has 0 spiro atoms. The van der Waals surface area contributed by atoms with Crippen molar-refractivity contribution in [3.8, 4) is 0 Å². The molecule has 96 valence electrons. The van der Waals surface area contributed by atoms with Crippen LogP contribution in [0.15, 0.2) is 0 Å². The zero-order chi connectivity index (χ0) is 12.2. The number of hydrogen-bond donors (Lipinski definition) is 0. The van der Waals surface area contributed by atoms with Crippen LogP contribution < -0.4 is 0 Å². The van der Waals surface area contributed by atoms with E-state index in [1.165, 1.54) is 39.2 Å². The molecule has 0 fully saturated rings. The molecule has 0 aliphatic carbocycles. The second kappa shape index (κ2) is 10.9. The van der Waals surface area contributed by atoms with Crippen molar-refractivity contribution in [3.05, 3.63) is 0 Å². The van der Waals surface area contributed by atoms with Crippen LogP contribution in [0.5, 0.6) is 0 Å². The first-order valence-electron chi connectivity index (χ1n) is 6.34. The Bertz CT molecular complexity index is 169. The number of carbonyl (C=O) groups excluding carboxylic acids is 1. The van der Waals surface area contributed by atoms with Gasteiger partial charge in [0.05, 0.1) is 13.2 Å². The third-order valence-electron chi connectivity index (χ3n) is 2.86. The van der Waals surface area contributed by atoms with E-state index in [1.54, 1.807) is 7.11 Å². The molecule has 3 heteroatoms. The smallest absolute Gasteiger partial charge is 0.305 e. The topological polar surface area (TPSA) is 35.5 Å². The van der Waals surface area contributed by atoms with Crippen molar-refractivity contribution in [2.45, 2.75) is 64.4 Å². The molecule has 0 amide bonds. The van der Waals surface area contributed by atoms with Gasteiger partial charge in [-0.15, -0.1) is 0 Å². The number of ether oxygens (including phenoxy) is 2. The fraction of sp³-hybridized carbons (Fsp3) is 0.923.